The van der Waals surface area contributed by atoms with E-state index in [0.29, 0.717) is 12.4 Å². The molecular formula is C26H34N6O2S. The summed E-state index contributed by atoms with van der Waals surface area (Å²) in [6.45, 7) is 6.62. The number of fused-ring (bicyclic) bond motifs is 1. The largest absolute Gasteiger partial charge is 0.371 e. The number of nitrogens with zero attached hydrogens (tertiary/aromatic N) is 4. The molecule has 1 aliphatic carbocycles. The van der Waals surface area contributed by atoms with Crippen molar-refractivity contribution < 1.29 is 9.53 Å². The molecule has 3 aromatic rings. The first-order chi connectivity index (χ1) is 17.0. The van der Waals surface area contributed by atoms with Crippen LogP contribution in [0, 0.1) is 0 Å². The highest BCUT2D eigenvalue weighted by Gasteiger charge is 2.42. The number of rotatable bonds is 7. The van der Waals surface area contributed by atoms with Crippen LogP contribution < -0.4 is 15.5 Å². The number of amides is 1. The van der Waals surface area contributed by atoms with Crippen LogP contribution in [0.2, 0.25) is 0 Å². The number of aromatic nitrogens is 2. The Morgan fingerprint density at radius 3 is 2.57 bits per heavy atom. The molecule has 0 radical (unpaired) electrons. The first-order valence-electron chi connectivity index (χ1n) is 12.5. The van der Waals surface area contributed by atoms with Crippen molar-refractivity contribution >= 4 is 44.7 Å². The minimum Gasteiger partial charge on any atom is -0.371 e. The molecule has 1 saturated carbocycles. The molecule has 4 heterocycles. The third kappa shape index (κ3) is 4.72. The molecule has 0 aromatic carbocycles. The van der Waals surface area contributed by atoms with Crippen molar-refractivity contribution in [3.8, 4) is 0 Å². The van der Waals surface area contributed by atoms with Crippen LogP contribution in [-0.2, 0) is 10.3 Å². The van der Waals surface area contributed by atoms with Gasteiger partial charge in [-0.15, -0.1) is 11.3 Å². The number of thiophene rings is 1. The van der Waals surface area contributed by atoms with Crippen molar-refractivity contribution in [3.05, 3.63) is 41.0 Å². The molecule has 1 amide bonds. The minimum atomic E-state index is -0.421. The van der Waals surface area contributed by atoms with Crippen LogP contribution in [0.15, 0.2) is 30.6 Å². The lowest BCUT2D eigenvalue weighted by molar-refractivity contribution is -0.0381. The first kappa shape index (κ1) is 24.0. The van der Waals surface area contributed by atoms with Gasteiger partial charge in [0.05, 0.1) is 27.1 Å². The maximum Gasteiger partial charge on any atom is 0.263 e. The van der Waals surface area contributed by atoms with Crippen molar-refractivity contribution in [2.24, 2.45) is 0 Å². The molecule has 0 atom stereocenters. The number of hydrogen-bond acceptors (Lipinski definition) is 8. The minimum absolute atomic E-state index is 0.0202. The summed E-state index contributed by atoms with van der Waals surface area (Å²) in [4.78, 5) is 27.2. The van der Waals surface area contributed by atoms with Gasteiger partial charge in [-0.1, -0.05) is 12.8 Å². The van der Waals surface area contributed by atoms with Crippen LogP contribution >= 0.6 is 11.3 Å². The van der Waals surface area contributed by atoms with Gasteiger partial charge in [0.15, 0.2) is 0 Å². The molecule has 1 saturated heterocycles. The highest BCUT2D eigenvalue weighted by Crippen LogP contribution is 2.49. The quantitative estimate of drug-likeness (QED) is 0.505. The van der Waals surface area contributed by atoms with Crippen molar-refractivity contribution in [1.82, 2.24) is 20.2 Å². The Kier molecular flexibility index (Phi) is 6.91. The topological polar surface area (TPSA) is 82.6 Å². The summed E-state index contributed by atoms with van der Waals surface area (Å²) in [5.74, 6) is 1.48. The molecule has 2 fully saturated rings. The van der Waals surface area contributed by atoms with Crippen LogP contribution in [0.3, 0.4) is 0 Å². The number of hydrogen-bond donors (Lipinski definition) is 2. The Morgan fingerprint density at radius 2 is 1.91 bits per heavy atom. The Bertz CT molecular complexity index is 1180. The lowest BCUT2D eigenvalue weighted by Crippen LogP contribution is -2.43. The van der Waals surface area contributed by atoms with E-state index in [4.69, 9.17) is 4.74 Å². The standard InChI is InChI=1S/C26H34N6O2S/c1-4-34-26(9-5-6-10-26)23-19-15-22(29-17-20(19)35-24(23)25(33)31(2)3)30-21-8-7-18(16-28-21)32-13-11-27-12-14-32/h7-8,15-17,27H,4-6,9-14H2,1-3H3,(H,28,29,30). The van der Waals surface area contributed by atoms with E-state index in [-0.39, 0.29) is 5.91 Å². The highest BCUT2D eigenvalue weighted by molar-refractivity contribution is 7.21. The van der Waals surface area contributed by atoms with Crippen molar-refractivity contribution in [2.75, 3.05) is 57.1 Å². The molecule has 186 valence electrons. The number of nitrogens with one attached hydrogen (secondary N) is 2. The van der Waals surface area contributed by atoms with E-state index in [9.17, 15) is 4.79 Å². The third-order valence-electron chi connectivity index (χ3n) is 6.95. The molecule has 5 rings (SSSR count). The van der Waals surface area contributed by atoms with Crippen LogP contribution in [0.4, 0.5) is 17.3 Å². The van der Waals surface area contributed by atoms with Gasteiger partial charge in [-0.25, -0.2) is 9.97 Å². The summed E-state index contributed by atoms with van der Waals surface area (Å²) < 4.78 is 7.42. The average Bonchev–Trinajstić information content (AvgIpc) is 3.50. The number of carbonyl (C=O) groups is 1. The number of piperazine rings is 1. The number of pyridine rings is 2. The highest BCUT2D eigenvalue weighted by atomic mass is 32.1. The van der Waals surface area contributed by atoms with E-state index in [0.717, 1.165) is 83.9 Å². The molecule has 3 aromatic heterocycles. The molecule has 2 N–H and O–H groups in total. The van der Waals surface area contributed by atoms with Crippen LogP contribution in [0.25, 0.3) is 10.1 Å². The van der Waals surface area contributed by atoms with Gasteiger partial charge in [-0.2, -0.15) is 0 Å². The maximum absolute atomic E-state index is 13.2. The van der Waals surface area contributed by atoms with E-state index in [1.807, 2.05) is 25.4 Å². The van der Waals surface area contributed by atoms with Gasteiger partial charge >= 0.3 is 0 Å². The van der Waals surface area contributed by atoms with E-state index in [2.05, 4.69) is 37.6 Å². The lowest BCUT2D eigenvalue weighted by atomic mass is 9.89. The predicted molar refractivity (Wildman–Crippen MR) is 142 cm³/mol. The Labute approximate surface area is 210 Å². The van der Waals surface area contributed by atoms with Crippen molar-refractivity contribution in [2.45, 2.75) is 38.2 Å². The summed E-state index contributed by atoms with van der Waals surface area (Å²) in [7, 11) is 3.61. The zero-order valence-corrected chi connectivity index (χ0v) is 21.6. The Balaban J connectivity index is 1.49. The fourth-order valence-electron chi connectivity index (χ4n) is 5.27. The van der Waals surface area contributed by atoms with Gasteiger partial charge in [0.2, 0.25) is 0 Å². The molecule has 35 heavy (non-hydrogen) atoms. The van der Waals surface area contributed by atoms with E-state index < -0.39 is 5.60 Å². The maximum atomic E-state index is 13.2. The zero-order valence-electron chi connectivity index (χ0n) is 20.8. The summed E-state index contributed by atoms with van der Waals surface area (Å²) in [5.41, 5.74) is 1.74. The van der Waals surface area contributed by atoms with Gasteiger partial charge in [-0.05, 0) is 38.0 Å². The molecule has 8 nitrogen and oxygen atoms in total. The average molecular weight is 495 g/mol. The predicted octanol–water partition coefficient (Wildman–Crippen LogP) is 4.35. The summed E-state index contributed by atoms with van der Waals surface area (Å²) in [6.07, 6.45) is 7.85. The molecule has 0 unspecified atom stereocenters. The van der Waals surface area contributed by atoms with E-state index >= 15 is 0 Å². The number of ether oxygens (including phenoxy) is 1. The van der Waals surface area contributed by atoms with Gasteiger partial charge in [0.1, 0.15) is 11.6 Å². The number of anilines is 3. The summed E-state index contributed by atoms with van der Waals surface area (Å²) in [6, 6.07) is 6.15. The Morgan fingerprint density at radius 1 is 1.17 bits per heavy atom. The second kappa shape index (κ2) is 10.1. The fraction of sp³-hybridized carbons (Fsp3) is 0.500. The summed E-state index contributed by atoms with van der Waals surface area (Å²) >= 11 is 1.52. The molecule has 0 bridgehead atoms. The van der Waals surface area contributed by atoms with Crippen LogP contribution in [0.5, 0.6) is 0 Å². The van der Waals surface area contributed by atoms with E-state index in [1.54, 1.807) is 19.0 Å². The fourth-order valence-corrected chi connectivity index (χ4v) is 6.53. The number of carbonyl (C=O) groups excluding carboxylic acids is 1. The molecule has 0 spiro atoms. The second-order valence-corrected chi connectivity index (χ2v) is 10.5. The molecular weight excluding hydrogens is 460 g/mol. The first-order valence-corrected chi connectivity index (χ1v) is 13.3. The zero-order chi connectivity index (χ0) is 24.4. The van der Waals surface area contributed by atoms with Crippen LogP contribution in [-0.4, -0.2) is 67.7 Å². The molecule has 9 heteroatoms. The lowest BCUT2D eigenvalue weighted by Gasteiger charge is -2.30. The van der Waals surface area contributed by atoms with Crippen molar-refractivity contribution in [3.63, 3.8) is 0 Å². The van der Waals surface area contributed by atoms with Gasteiger partial charge in [0.25, 0.3) is 5.91 Å². The third-order valence-corrected chi connectivity index (χ3v) is 8.08. The van der Waals surface area contributed by atoms with Crippen LogP contribution in [0.1, 0.15) is 47.8 Å². The van der Waals surface area contributed by atoms with E-state index in [1.165, 1.54) is 11.3 Å². The normalized spacial score (nSPS) is 17.6. The molecule has 2 aliphatic rings. The van der Waals surface area contributed by atoms with Gasteiger partial charge in [0, 0.05) is 64.0 Å². The summed E-state index contributed by atoms with van der Waals surface area (Å²) in [5, 5.41) is 7.79. The SMILES string of the molecule is CCOC1(c2c(C(=O)N(C)C)sc3cnc(Nc4ccc(N5CCNCC5)cn4)cc23)CCCC1. The van der Waals surface area contributed by atoms with Crippen molar-refractivity contribution in [1.29, 1.82) is 0 Å². The second-order valence-electron chi connectivity index (χ2n) is 9.47. The smallest absolute Gasteiger partial charge is 0.263 e. The van der Waals surface area contributed by atoms with Gasteiger partial charge in [-0.3, -0.25) is 4.79 Å². The monoisotopic (exact) mass is 494 g/mol. The Hall–Kier alpha value is -2.75. The molecule has 1 aliphatic heterocycles. The van der Waals surface area contributed by atoms with Gasteiger partial charge < -0.3 is 25.2 Å².